The molecule has 1 saturated heterocycles. The summed E-state index contributed by atoms with van der Waals surface area (Å²) in [5.41, 5.74) is 2.32. The molecule has 162 valence electrons. The Hall–Kier alpha value is -2.41. The zero-order chi connectivity index (χ0) is 21.3. The second-order valence-electron chi connectivity index (χ2n) is 8.42. The first-order valence-corrected chi connectivity index (χ1v) is 10.7. The van der Waals surface area contributed by atoms with Crippen molar-refractivity contribution in [2.75, 3.05) is 26.4 Å². The summed E-state index contributed by atoms with van der Waals surface area (Å²) >= 11 is 0. The molecule has 3 atom stereocenters. The number of piperidine rings is 1. The van der Waals surface area contributed by atoms with E-state index in [0.717, 1.165) is 36.5 Å². The Morgan fingerprint density at radius 3 is 2.63 bits per heavy atom. The maximum atomic E-state index is 14.8. The smallest absolute Gasteiger partial charge is 0.257 e. The third kappa shape index (κ3) is 4.51. The van der Waals surface area contributed by atoms with Gasteiger partial charge in [-0.15, -0.1) is 0 Å². The lowest BCUT2D eigenvalue weighted by molar-refractivity contribution is 0.0551. The molecule has 30 heavy (non-hydrogen) atoms. The fourth-order valence-electron chi connectivity index (χ4n) is 4.40. The summed E-state index contributed by atoms with van der Waals surface area (Å²) < 4.78 is 31.9. The first-order chi connectivity index (χ1) is 14.4. The second kappa shape index (κ2) is 8.76. The van der Waals surface area contributed by atoms with E-state index < -0.39 is 0 Å². The van der Waals surface area contributed by atoms with E-state index >= 15 is 0 Å². The van der Waals surface area contributed by atoms with Crippen LogP contribution in [0.5, 0.6) is 17.4 Å². The number of nitrogens with zero attached hydrogens (tertiary/aromatic N) is 3. The lowest BCUT2D eigenvalue weighted by Gasteiger charge is -2.41. The van der Waals surface area contributed by atoms with Gasteiger partial charge in [0.15, 0.2) is 5.75 Å². The van der Waals surface area contributed by atoms with E-state index in [1.54, 1.807) is 0 Å². The zero-order valence-corrected chi connectivity index (χ0v) is 18.2. The van der Waals surface area contributed by atoms with Crippen molar-refractivity contribution >= 4 is 0 Å². The number of aromatic nitrogens is 2. The highest BCUT2D eigenvalue weighted by molar-refractivity contribution is 5.37. The Bertz CT molecular complexity index is 887. The van der Waals surface area contributed by atoms with E-state index in [1.165, 1.54) is 6.07 Å². The fourth-order valence-corrected chi connectivity index (χ4v) is 4.40. The first kappa shape index (κ1) is 20.8. The minimum Gasteiger partial charge on any atom is -0.493 e. The summed E-state index contributed by atoms with van der Waals surface area (Å²) in [7, 11) is 0. The molecule has 0 N–H and O–H groups in total. The minimum absolute atomic E-state index is 0.163. The van der Waals surface area contributed by atoms with E-state index in [-0.39, 0.29) is 11.9 Å². The van der Waals surface area contributed by atoms with Crippen LogP contribution in [-0.4, -0.2) is 47.3 Å². The van der Waals surface area contributed by atoms with Crippen LogP contribution in [0.25, 0.3) is 0 Å². The summed E-state index contributed by atoms with van der Waals surface area (Å²) in [5.74, 6) is 1.66. The van der Waals surface area contributed by atoms with Crippen LogP contribution in [0, 0.1) is 25.6 Å². The minimum atomic E-state index is -0.347. The Labute approximate surface area is 177 Å². The van der Waals surface area contributed by atoms with Gasteiger partial charge in [0.25, 0.3) is 5.88 Å². The molecule has 4 heterocycles. The monoisotopic (exact) mass is 415 g/mol. The third-order valence-corrected chi connectivity index (χ3v) is 5.98. The fraction of sp³-hybridized carbons (Fsp3) is 0.565. The van der Waals surface area contributed by atoms with E-state index in [2.05, 4.69) is 21.8 Å². The molecule has 7 heteroatoms. The van der Waals surface area contributed by atoms with Crippen molar-refractivity contribution in [1.29, 1.82) is 0 Å². The van der Waals surface area contributed by atoms with Gasteiger partial charge in [-0.05, 0) is 40.5 Å². The van der Waals surface area contributed by atoms with Crippen molar-refractivity contribution in [3.63, 3.8) is 0 Å². The van der Waals surface area contributed by atoms with Gasteiger partial charge >= 0.3 is 0 Å². The summed E-state index contributed by atoms with van der Waals surface area (Å²) in [5, 5.41) is 0. The predicted octanol–water partition coefficient (Wildman–Crippen LogP) is 4.24. The average Bonchev–Trinajstić information content (AvgIpc) is 2.71. The molecule has 6 nitrogen and oxygen atoms in total. The highest BCUT2D eigenvalue weighted by Gasteiger charge is 2.32. The number of aryl methyl sites for hydroxylation is 2. The molecule has 0 unspecified atom stereocenters. The topological polar surface area (TPSA) is 56.7 Å². The number of pyridine rings is 2. The largest absolute Gasteiger partial charge is 0.493 e. The Kier molecular flexibility index (Phi) is 6.09. The van der Waals surface area contributed by atoms with Gasteiger partial charge in [-0.3, -0.25) is 9.88 Å². The van der Waals surface area contributed by atoms with Gasteiger partial charge in [0, 0.05) is 48.1 Å². The van der Waals surface area contributed by atoms with Crippen molar-refractivity contribution < 1.29 is 18.6 Å². The lowest BCUT2D eigenvalue weighted by atomic mass is 9.92. The molecule has 2 aliphatic heterocycles. The van der Waals surface area contributed by atoms with Crippen LogP contribution in [0.15, 0.2) is 18.2 Å². The SMILES string of the molecule is Cc1cc(OC[C@@H]2CC[C@@H](C)N([C@@H](C)c3nc4c(cc3F)OCCO4)C2)cc(C)n1. The van der Waals surface area contributed by atoms with Crippen LogP contribution >= 0.6 is 0 Å². The second-order valence-corrected chi connectivity index (χ2v) is 8.42. The van der Waals surface area contributed by atoms with Gasteiger partial charge in [0.1, 0.15) is 24.8 Å². The normalized spacial score (nSPS) is 22.6. The molecule has 1 fully saturated rings. The van der Waals surface area contributed by atoms with Gasteiger partial charge < -0.3 is 14.2 Å². The molecule has 0 amide bonds. The van der Waals surface area contributed by atoms with Gasteiger partial charge in [-0.25, -0.2) is 9.37 Å². The first-order valence-electron chi connectivity index (χ1n) is 10.7. The van der Waals surface area contributed by atoms with Gasteiger partial charge in [-0.1, -0.05) is 0 Å². The molecular weight excluding hydrogens is 385 g/mol. The molecule has 0 bridgehead atoms. The number of hydrogen-bond acceptors (Lipinski definition) is 6. The molecule has 0 saturated carbocycles. The molecule has 4 rings (SSSR count). The maximum Gasteiger partial charge on any atom is 0.257 e. The number of likely N-dealkylation sites (tertiary alicyclic amines) is 1. The van der Waals surface area contributed by atoms with Crippen LogP contribution in [0.4, 0.5) is 4.39 Å². The Morgan fingerprint density at radius 1 is 1.13 bits per heavy atom. The van der Waals surface area contributed by atoms with E-state index in [0.29, 0.717) is 49.1 Å². The zero-order valence-electron chi connectivity index (χ0n) is 18.2. The molecule has 2 aromatic rings. The molecule has 0 spiro atoms. The summed E-state index contributed by atoms with van der Waals surface area (Å²) in [6, 6.07) is 5.51. The number of fused-ring (bicyclic) bond motifs is 1. The molecule has 0 aliphatic carbocycles. The van der Waals surface area contributed by atoms with Crippen molar-refractivity contribution in [2.45, 2.75) is 52.6 Å². The summed E-state index contributed by atoms with van der Waals surface area (Å²) in [4.78, 5) is 11.2. The van der Waals surface area contributed by atoms with Crippen LogP contribution in [-0.2, 0) is 0 Å². The van der Waals surface area contributed by atoms with Crippen molar-refractivity contribution in [1.82, 2.24) is 14.9 Å². The standard InChI is InChI=1S/C23H30FN3O3/c1-14-9-19(10-15(2)25-14)30-13-18-6-5-16(3)27(12-18)17(4)22-20(24)11-21-23(26-22)29-8-7-28-21/h9-11,16-18H,5-8,12-13H2,1-4H3/t16-,17+,18-/m1/s1. The van der Waals surface area contributed by atoms with Gasteiger partial charge in [0.05, 0.1) is 18.3 Å². The summed E-state index contributed by atoms with van der Waals surface area (Å²) in [6.45, 7) is 10.5. The number of halogens is 1. The van der Waals surface area contributed by atoms with E-state index in [9.17, 15) is 4.39 Å². The molecule has 0 aromatic carbocycles. The van der Waals surface area contributed by atoms with Gasteiger partial charge in [0.2, 0.25) is 0 Å². The number of hydrogen-bond donors (Lipinski definition) is 0. The maximum absolute atomic E-state index is 14.8. The molecular formula is C23H30FN3O3. The Morgan fingerprint density at radius 2 is 1.87 bits per heavy atom. The Balaban J connectivity index is 1.45. The molecule has 2 aliphatic rings. The van der Waals surface area contributed by atoms with Crippen LogP contribution < -0.4 is 14.2 Å². The molecule has 2 aromatic heterocycles. The van der Waals surface area contributed by atoms with Crippen LogP contribution in [0.1, 0.15) is 49.8 Å². The number of ether oxygens (including phenoxy) is 3. The third-order valence-electron chi connectivity index (χ3n) is 5.98. The van der Waals surface area contributed by atoms with E-state index in [4.69, 9.17) is 14.2 Å². The molecule has 0 radical (unpaired) electrons. The van der Waals surface area contributed by atoms with E-state index in [1.807, 2.05) is 32.9 Å². The van der Waals surface area contributed by atoms with Crippen LogP contribution in [0.3, 0.4) is 0 Å². The average molecular weight is 416 g/mol. The van der Waals surface area contributed by atoms with Crippen molar-refractivity contribution in [2.24, 2.45) is 5.92 Å². The highest BCUT2D eigenvalue weighted by atomic mass is 19.1. The van der Waals surface area contributed by atoms with Crippen molar-refractivity contribution in [3.8, 4) is 17.4 Å². The predicted molar refractivity (Wildman–Crippen MR) is 112 cm³/mol. The lowest BCUT2D eigenvalue weighted by Crippen LogP contribution is -2.45. The summed E-state index contributed by atoms with van der Waals surface area (Å²) in [6.07, 6.45) is 2.13. The quantitative estimate of drug-likeness (QED) is 0.728. The van der Waals surface area contributed by atoms with Gasteiger partial charge in [-0.2, -0.15) is 0 Å². The van der Waals surface area contributed by atoms with Crippen LogP contribution in [0.2, 0.25) is 0 Å². The number of rotatable bonds is 5. The highest BCUT2D eigenvalue weighted by Crippen LogP contribution is 2.36. The van der Waals surface area contributed by atoms with Crippen molar-refractivity contribution in [3.05, 3.63) is 41.1 Å².